The molecule has 88 heavy (non-hydrogen) atoms. The van der Waals surface area contributed by atoms with Crippen LogP contribution < -0.4 is 0 Å². The third kappa shape index (κ3) is 62.8. The van der Waals surface area contributed by atoms with Crippen molar-refractivity contribution in [2.45, 2.75) is 368 Å². The third-order valence-corrected chi connectivity index (χ3v) is 17.9. The number of unbranched alkanes of at least 4 members (excludes halogenated alkanes) is 38. The number of aliphatic hydroxyl groups excluding tert-OH is 1. The molecule has 0 aliphatic carbocycles. The Hall–Kier alpha value is -1.94. The Labute approximate surface area is 537 Å². The summed E-state index contributed by atoms with van der Waals surface area (Å²) in [5, 5.41) is 10.6. The van der Waals surface area contributed by atoms with Gasteiger partial charge in [-0.2, -0.15) is 0 Å². The van der Waals surface area contributed by atoms with Crippen LogP contribution in [0.25, 0.3) is 0 Å². The second kappa shape index (κ2) is 61.3. The number of rotatable bonds is 68. The first kappa shape index (κ1) is 86.1. The molecule has 0 rings (SSSR count). The third-order valence-electron chi connectivity index (χ3n) is 16.0. The lowest BCUT2D eigenvalue weighted by molar-refractivity contribution is -0.161. The van der Waals surface area contributed by atoms with Crippen molar-refractivity contribution in [3.63, 3.8) is 0 Å². The molecule has 0 aliphatic rings. The maximum atomic E-state index is 13.0. The molecule has 0 saturated heterocycles. The molecule has 522 valence electrons. The average molecular weight is 1300 g/mol. The van der Waals surface area contributed by atoms with Crippen molar-refractivity contribution >= 4 is 39.5 Å². The number of phosphoric acid groups is 2. The van der Waals surface area contributed by atoms with Crippen LogP contribution in [0, 0.1) is 11.8 Å². The Morgan fingerprint density at radius 1 is 0.307 bits per heavy atom. The number of phosphoric ester groups is 2. The van der Waals surface area contributed by atoms with Crippen molar-refractivity contribution in [1.29, 1.82) is 0 Å². The second-order valence-corrected chi connectivity index (χ2v) is 28.8. The van der Waals surface area contributed by atoms with Crippen LogP contribution >= 0.6 is 15.6 Å². The first-order valence-electron chi connectivity index (χ1n) is 36.0. The summed E-state index contributed by atoms with van der Waals surface area (Å²) in [5.74, 6) is -0.704. The smallest absolute Gasteiger partial charge is 0.462 e. The van der Waals surface area contributed by atoms with Crippen LogP contribution in [0.1, 0.15) is 350 Å². The number of esters is 4. The molecule has 17 nitrogen and oxygen atoms in total. The summed E-state index contributed by atoms with van der Waals surface area (Å²) in [5.41, 5.74) is 0. The van der Waals surface area contributed by atoms with E-state index in [1.165, 1.54) is 161 Å². The predicted octanol–water partition coefficient (Wildman–Crippen LogP) is 19.6. The van der Waals surface area contributed by atoms with E-state index in [0.717, 1.165) is 102 Å². The van der Waals surface area contributed by atoms with Gasteiger partial charge in [-0.15, -0.1) is 0 Å². The highest BCUT2D eigenvalue weighted by Gasteiger charge is 2.30. The van der Waals surface area contributed by atoms with Crippen molar-refractivity contribution in [3.05, 3.63) is 0 Å². The number of carbonyl (C=O) groups is 4. The van der Waals surface area contributed by atoms with Crippen LogP contribution in [0.5, 0.6) is 0 Å². The quantitative estimate of drug-likeness (QED) is 0.0222. The van der Waals surface area contributed by atoms with Gasteiger partial charge in [-0.25, -0.2) is 9.13 Å². The van der Waals surface area contributed by atoms with Crippen molar-refractivity contribution in [2.75, 3.05) is 39.6 Å². The summed E-state index contributed by atoms with van der Waals surface area (Å²) in [7, 11) is -9.89. The molecule has 0 bridgehead atoms. The topological polar surface area (TPSA) is 237 Å². The highest BCUT2D eigenvalue weighted by molar-refractivity contribution is 7.47. The minimum atomic E-state index is -4.95. The molecule has 0 aromatic heterocycles. The lowest BCUT2D eigenvalue weighted by Crippen LogP contribution is -2.30. The van der Waals surface area contributed by atoms with E-state index in [-0.39, 0.29) is 25.7 Å². The number of hydrogen-bond acceptors (Lipinski definition) is 15. The van der Waals surface area contributed by atoms with Crippen LogP contribution in [0.2, 0.25) is 0 Å². The van der Waals surface area contributed by atoms with E-state index in [2.05, 4.69) is 41.5 Å². The number of carbonyl (C=O) groups excluding carboxylic acids is 4. The van der Waals surface area contributed by atoms with E-state index in [1.54, 1.807) is 0 Å². The predicted molar refractivity (Wildman–Crippen MR) is 354 cm³/mol. The molecule has 0 saturated carbocycles. The molecule has 2 unspecified atom stereocenters. The molecule has 5 atom stereocenters. The van der Waals surface area contributed by atoms with Gasteiger partial charge < -0.3 is 33.8 Å². The molecule has 0 spiro atoms. The van der Waals surface area contributed by atoms with Gasteiger partial charge in [0.05, 0.1) is 26.4 Å². The monoisotopic (exact) mass is 1300 g/mol. The average Bonchev–Trinajstić information content (AvgIpc) is 3.56. The zero-order valence-electron chi connectivity index (χ0n) is 57.0. The van der Waals surface area contributed by atoms with Gasteiger partial charge in [0.15, 0.2) is 12.2 Å². The lowest BCUT2D eigenvalue weighted by atomic mass is 10.0. The van der Waals surface area contributed by atoms with Gasteiger partial charge >= 0.3 is 39.5 Å². The van der Waals surface area contributed by atoms with Gasteiger partial charge in [0.1, 0.15) is 19.3 Å². The lowest BCUT2D eigenvalue weighted by Gasteiger charge is -2.21. The summed E-state index contributed by atoms with van der Waals surface area (Å²) in [4.78, 5) is 72.4. The molecule has 0 fully saturated rings. The van der Waals surface area contributed by atoms with E-state index >= 15 is 0 Å². The second-order valence-electron chi connectivity index (χ2n) is 25.9. The van der Waals surface area contributed by atoms with E-state index < -0.39 is 97.5 Å². The van der Waals surface area contributed by atoms with Crippen LogP contribution in [0.15, 0.2) is 0 Å². The summed E-state index contributed by atoms with van der Waals surface area (Å²) in [6.45, 7) is 9.43. The van der Waals surface area contributed by atoms with Gasteiger partial charge in [-0.3, -0.25) is 37.3 Å². The minimum absolute atomic E-state index is 0.105. The summed E-state index contributed by atoms with van der Waals surface area (Å²) in [6, 6.07) is 0. The molecule has 0 aromatic rings. The van der Waals surface area contributed by atoms with E-state index in [4.69, 9.17) is 37.0 Å². The Morgan fingerprint density at radius 3 is 0.773 bits per heavy atom. The number of hydrogen-bond donors (Lipinski definition) is 3. The summed E-state index contributed by atoms with van der Waals surface area (Å²) >= 11 is 0. The molecule has 0 amide bonds. The van der Waals surface area contributed by atoms with Gasteiger partial charge in [0, 0.05) is 25.7 Å². The first-order chi connectivity index (χ1) is 42.4. The molecular formula is C69H134O17P2. The van der Waals surface area contributed by atoms with E-state index in [1.807, 2.05) is 0 Å². The minimum Gasteiger partial charge on any atom is -0.462 e. The summed E-state index contributed by atoms with van der Waals surface area (Å²) < 4.78 is 68.2. The fourth-order valence-electron chi connectivity index (χ4n) is 10.4. The highest BCUT2D eigenvalue weighted by atomic mass is 31.2. The maximum Gasteiger partial charge on any atom is 0.472 e. The van der Waals surface area contributed by atoms with Crippen molar-refractivity contribution in [2.24, 2.45) is 11.8 Å². The first-order valence-corrected chi connectivity index (χ1v) is 39.0. The maximum absolute atomic E-state index is 13.0. The zero-order valence-corrected chi connectivity index (χ0v) is 58.8. The van der Waals surface area contributed by atoms with Crippen LogP contribution in [0.4, 0.5) is 0 Å². The van der Waals surface area contributed by atoms with Crippen LogP contribution in [-0.2, 0) is 65.4 Å². The normalized spacial score (nSPS) is 14.2. The molecule has 0 radical (unpaired) electrons. The Morgan fingerprint density at radius 2 is 0.523 bits per heavy atom. The molecule has 0 heterocycles. The van der Waals surface area contributed by atoms with Crippen molar-refractivity contribution in [1.82, 2.24) is 0 Å². The molecule has 0 aliphatic heterocycles. The SMILES string of the molecule is CCCCCCCCCCCCCCCCCCCC(=O)O[C@H](COC(=O)CCCCCCCCCCCC(C)C)COP(=O)(O)OC[C@@H](O)COP(=O)(O)OC[C@@H](COC(=O)CCCCCCCCC(C)C)OC(=O)CCCCCCCCCCCC. The van der Waals surface area contributed by atoms with Crippen LogP contribution in [-0.4, -0.2) is 96.7 Å². The Kier molecular flexibility index (Phi) is 59.9. The number of aliphatic hydroxyl groups is 1. The fraction of sp³-hybridized carbons (Fsp3) is 0.942. The molecule has 19 heteroatoms. The van der Waals surface area contributed by atoms with E-state index in [0.29, 0.717) is 31.6 Å². The summed E-state index contributed by atoms with van der Waals surface area (Å²) in [6.07, 6.45) is 46.0. The Bertz CT molecular complexity index is 1720. The number of ether oxygens (including phenoxy) is 4. The van der Waals surface area contributed by atoms with Crippen molar-refractivity contribution in [3.8, 4) is 0 Å². The van der Waals surface area contributed by atoms with Crippen molar-refractivity contribution < 1.29 is 80.2 Å². The molecule has 3 N–H and O–H groups in total. The Balaban J connectivity index is 5.22. The molecular weight excluding hydrogens is 1160 g/mol. The fourth-order valence-corrected chi connectivity index (χ4v) is 12.0. The standard InChI is InChI=1S/C69H134O17P2/c1-7-9-11-13-15-17-19-20-21-22-23-24-25-29-34-42-48-54-69(74)85-64(57-79-66(71)51-45-39-32-30-26-27-31-37-43-49-61(3)4)59-83-87(75,76)81-55-63(70)56-82-88(77,78)84-60-65(58-80-67(72)52-46-40-36-35-38-44-50-62(5)6)86-68(73)53-47-41-33-28-18-16-14-12-10-8-2/h61-65,70H,7-60H2,1-6H3,(H,75,76)(H,77,78)/t63-,64-,65-/m1/s1. The van der Waals surface area contributed by atoms with Gasteiger partial charge in [-0.1, -0.05) is 298 Å². The van der Waals surface area contributed by atoms with Gasteiger partial charge in [-0.05, 0) is 37.5 Å². The zero-order chi connectivity index (χ0) is 65.0. The highest BCUT2D eigenvalue weighted by Crippen LogP contribution is 2.45. The van der Waals surface area contributed by atoms with Gasteiger partial charge in [0.2, 0.25) is 0 Å². The van der Waals surface area contributed by atoms with Crippen LogP contribution in [0.3, 0.4) is 0 Å². The van der Waals surface area contributed by atoms with Gasteiger partial charge in [0.25, 0.3) is 0 Å². The van der Waals surface area contributed by atoms with E-state index in [9.17, 15) is 43.2 Å². The largest absolute Gasteiger partial charge is 0.472 e. The molecule has 0 aromatic carbocycles.